The molecule has 118 valence electrons. The van der Waals surface area contributed by atoms with Gasteiger partial charge in [-0.3, -0.25) is 4.79 Å². The Labute approximate surface area is 138 Å². The molecule has 23 heavy (non-hydrogen) atoms. The van der Waals surface area contributed by atoms with Gasteiger partial charge in [0.2, 0.25) is 0 Å². The Bertz CT molecular complexity index is 924. The highest BCUT2D eigenvalue weighted by atomic mass is 32.2. The summed E-state index contributed by atoms with van der Waals surface area (Å²) in [6, 6.07) is 8.11. The van der Waals surface area contributed by atoms with Crippen molar-refractivity contribution in [2.45, 2.75) is 18.2 Å². The van der Waals surface area contributed by atoms with Crippen molar-refractivity contribution in [3.63, 3.8) is 0 Å². The molecule has 1 aromatic carbocycles. The number of aromatic nitrogens is 2. The van der Waals surface area contributed by atoms with Gasteiger partial charge in [0.25, 0.3) is 10.0 Å². The molecule has 0 aliphatic heterocycles. The van der Waals surface area contributed by atoms with E-state index in [4.69, 9.17) is 0 Å². The lowest BCUT2D eigenvalue weighted by atomic mass is 10.2. The highest BCUT2D eigenvalue weighted by molar-refractivity contribution is 7.90. The van der Waals surface area contributed by atoms with E-state index in [0.717, 1.165) is 9.54 Å². The predicted octanol–water partition coefficient (Wildman–Crippen LogP) is 2.92. The van der Waals surface area contributed by atoms with Gasteiger partial charge in [-0.05, 0) is 25.1 Å². The van der Waals surface area contributed by atoms with Crippen LogP contribution in [0.2, 0.25) is 0 Å². The maximum atomic E-state index is 12.5. The molecule has 0 aliphatic rings. The van der Waals surface area contributed by atoms with Crippen LogP contribution in [0.4, 0.5) is 0 Å². The minimum atomic E-state index is -3.68. The lowest BCUT2D eigenvalue weighted by Gasteiger charge is -2.05. The van der Waals surface area contributed by atoms with Gasteiger partial charge >= 0.3 is 0 Å². The summed E-state index contributed by atoms with van der Waals surface area (Å²) >= 11 is 1.40. The number of Topliss-reactive ketones (excluding diaryl/α,β-unsaturated/α-hetero) is 1. The number of aryl methyl sites for hydroxylation is 1. The molecule has 0 radical (unpaired) electrons. The molecule has 0 spiro atoms. The van der Waals surface area contributed by atoms with Gasteiger partial charge in [0.15, 0.2) is 5.78 Å². The third-order valence-corrected chi connectivity index (χ3v) is 5.81. The third-order valence-electron chi connectivity index (χ3n) is 3.38. The molecule has 5 nitrogen and oxygen atoms in total. The number of hydrogen-bond acceptors (Lipinski definition) is 5. The van der Waals surface area contributed by atoms with E-state index in [1.54, 1.807) is 35.8 Å². The predicted molar refractivity (Wildman–Crippen MR) is 88.3 cm³/mol. The summed E-state index contributed by atoms with van der Waals surface area (Å²) in [4.78, 5) is 16.4. The van der Waals surface area contributed by atoms with E-state index in [1.165, 1.54) is 29.8 Å². The van der Waals surface area contributed by atoms with Gasteiger partial charge < -0.3 is 0 Å². The first kappa shape index (κ1) is 15.6. The molecule has 0 unspecified atom stereocenters. The Morgan fingerprint density at radius 1 is 1.22 bits per heavy atom. The van der Waals surface area contributed by atoms with Crippen LogP contribution < -0.4 is 0 Å². The number of carbonyl (C=O) groups excluding carboxylic acids is 1. The van der Waals surface area contributed by atoms with E-state index in [9.17, 15) is 13.2 Å². The van der Waals surface area contributed by atoms with Gasteiger partial charge in [-0.1, -0.05) is 17.7 Å². The number of nitrogens with zero attached hydrogens (tertiary/aromatic N) is 2. The fourth-order valence-electron chi connectivity index (χ4n) is 2.10. The van der Waals surface area contributed by atoms with Crippen molar-refractivity contribution in [1.82, 2.24) is 8.96 Å². The molecule has 2 heterocycles. The standard InChI is InChI=1S/C16H14N2O3S2/c1-12-2-4-14(5-3-12)23(20,21)18-8-6-13(11-18)15(19)10-16-17-7-9-22-16/h2-9,11H,10H2,1H3. The smallest absolute Gasteiger partial charge is 0.267 e. The highest BCUT2D eigenvalue weighted by Gasteiger charge is 2.18. The Morgan fingerprint density at radius 3 is 2.61 bits per heavy atom. The van der Waals surface area contributed by atoms with Crippen LogP contribution in [0.3, 0.4) is 0 Å². The lowest BCUT2D eigenvalue weighted by molar-refractivity contribution is 0.0993. The summed E-state index contributed by atoms with van der Waals surface area (Å²) in [6.07, 6.45) is 4.56. The average molecular weight is 346 g/mol. The van der Waals surface area contributed by atoms with Crippen molar-refractivity contribution in [3.8, 4) is 0 Å². The van der Waals surface area contributed by atoms with Gasteiger partial charge in [-0.15, -0.1) is 11.3 Å². The van der Waals surface area contributed by atoms with Crippen LogP contribution >= 0.6 is 11.3 Å². The molecule has 0 saturated carbocycles. The molecule has 3 aromatic rings. The van der Waals surface area contributed by atoms with Crippen LogP contribution in [0.25, 0.3) is 0 Å². The van der Waals surface area contributed by atoms with Crippen molar-refractivity contribution >= 4 is 27.1 Å². The van der Waals surface area contributed by atoms with Crippen LogP contribution in [-0.4, -0.2) is 23.2 Å². The molecule has 0 atom stereocenters. The van der Waals surface area contributed by atoms with Crippen LogP contribution in [0.1, 0.15) is 20.9 Å². The molecule has 3 rings (SSSR count). The van der Waals surface area contributed by atoms with Crippen molar-refractivity contribution in [2.75, 3.05) is 0 Å². The zero-order valence-electron chi connectivity index (χ0n) is 12.3. The van der Waals surface area contributed by atoms with Crippen LogP contribution in [0, 0.1) is 6.92 Å². The number of rotatable bonds is 5. The van der Waals surface area contributed by atoms with Crippen molar-refractivity contribution in [2.24, 2.45) is 0 Å². The lowest BCUT2D eigenvalue weighted by Crippen LogP contribution is -2.11. The van der Waals surface area contributed by atoms with Crippen molar-refractivity contribution in [1.29, 1.82) is 0 Å². The molecule has 0 fully saturated rings. The molecule has 7 heteroatoms. The zero-order chi connectivity index (χ0) is 16.4. The SMILES string of the molecule is Cc1ccc(S(=O)(=O)n2ccc(C(=O)Cc3nccs3)c2)cc1. The van der Waals surface area contributed by atoms with Gasteiger partial charge in [0.05, 0.1) is 11.3 Å². The number of ketones is 1. The summed E-state index contributed by atoms with van der Waals surface area (Å²) in [5, 5.41) is 2.51. The molecule has 0 amide bonds. The first-order chi connectivity index (χ1) is 11.0. The Balaban J connectivity index is 1.86. The van der Waals surface area contributed by atoms with E-state index >= 15 is 0 Å². The van der Waals surface area contributed by atoms with Crippen LogP contribution in [-0.2, 0) is 16.4 Å². The number of benzene rings is 1. The summed E-state index contributed by atoms with van der Waals surface area (Å²) < 4.78 is 26.2. The second kappa shape index (κ2) is 6.10. The topological polar surface area (TPSA) is 69.0 Å². The van der Waals surface area contributed by atoms with Gasteiger partial charge in [-0.25, -0.2) is 17.4 Å². The average Bonchev–Trinajstić information content (AvgIpc) is 3.19. The second-order valence-electron chi connectivity index (χ2n) is 5.07. The summed E-state index contributed by atoms with van der Waals surface area (Å²) in [6.45, 7) is 1.89. The monoisotopic (exact) mass is 346 g/mol. The normalized spacial score (nSPS) is 11.5. The Kier molecular flexibility index (Phi) is 4.14. The molecule has 0 aliphatic carbocycles. The number of carbonyl (C=O) groups is 1. The first-order valence-corrected chi connectivity index (χ1v) is 9.20. The van der Waals surface area contributed by atoms with Crippen molar-refractivity contribution < 1.29 is 13.2 Å². The summed E-state index contributed by atoms with van der Waals surface area (Å²) in [5.74, 6) is -0.155. The first-order valence-electron chi connectivity index (χ1n) is 6.88. The van der Waals surface area contributed by atoms with Crippen LogP contribution in [0.15, 0.2) is 59.2 Å². The van der Waals surface area contributed by atoms with Gasteiger partial charge in [-0.2, -0.15) is 0 Å². The third kappa shape index (κ3) is 3.25. The van der Waals surface area contributed by atoms with E-state index in [-0.39, 0.29) is 17.1 Å². The minimum Gasteiger partial charge on any atom is -0.294 e. The summed E-state index contributed by atoms with van der Waals surface area (Å²) in [5.41, 5.74) is 1.34. The molecule has 0 N–H and O–H groups in total. The number of thiazole rings is 1. The fraction of sp³-hybridized carbons (Fsp3) is 0.125. The molecule has 0 saturated heterocycles. The molecule has 2 aromatic heterocycles. The maximum Gasteiger partial charge on any atom is 0.267 e. The minimum absolute atomic E-state index is 0.155. The highest BCUT2D eigenvalue weighted by Crippen LogP contribution is 2.17. The van der Waals surface area contributed by atoms with E-state index in [2.05, 4.69) is 4.98 Å². The quantitative estimate of drug-likeness (QED) is 0.666. The summed E-state index contributed by atoms with van der Waals surface area (Å²) in [7, 11) is -3.68. The molecular formula is C16H14N2O3S2. The van der Waals surface area contributed by atoms with E-state index in [1.807, 2.05) is 6.92 Å². The van der Waals surface area contributed by atoms with E-state index < -0.39 is 10.0 Å². The van der Waals surface area contributed by atoms with E-state index in [0.29, 0.717) is 10.6 Å². The Hall–Kier alpha value is -2.25. The Morgan fingerprint density at radius 2 is 1.96 bits per heavy atom. The second-order valence-corrected chi connectivity index (χ2v) is 7.90. The largest absolute Gasteiger partial charge is 0.294 e. The molecular weight excluding hydrogens is 332 g/mol. The maximum absolute atomic E-state index is 12.5. The van der Waals surface area contributed by atoms with Gasteiger partial charge in [0.1, 0.15) is 5.01 Å². The van der Waals surface area contributed by atoms with Crippen LogP contribution in [0.5, 0.6) is 0 Å². The molecule has 0 bridgehead atoms. The zero-order valence-corrected chi connectivity index (χ0v) is 14.0. The fourth-order valence-corrected chi connectivity index (χ4v) is 3.91. The number of hydrogen-bond donors (Lipinski definition) is 0. The van der Waals surface area contributed by atoms with Crippen molar-refractivity contribution in [3.05, 3.63) is 70.4 Å². The van der Waals surface area contributed by atoms with Gasteiger partial charge in [0, 0.05) is 29.5 Å².